The molecule has 11 heteroatoms. The summed E-state index contributed by atoms with van der Waals surface area (Å²) >= 11 is 7.15. The minimum atomic E-state index is -0.604. The zero-order valence-corrected chi connectivity index (χ0v) is 16.6. The molecule has 0 bridgehead atoms. The molecule has 3 rings (SSSR count). The van der Waals surface area contributed by atoms with Crippen LogP contribution in [0, 0.1) is 0 Å². The van der Waals surface area contributed by atoms with Crippen molar-refractivity contribution in [3.8, 4) is 11.3 Å². The Morgan fingerprint density at radius 1 is 1.21 bits per heavy atom. The van der Waals surface area contributed by atoms with E-state index in [0.29, 0.717) is 15.8 Å². The Morgan fingerprint density at radius 3 is 2.57 bits per heavy atom. The Balaban J connectivity index is 1.68. The molecule has 4 N–H and O–H groups in total. The van der Waals surface area contributed by atoms with Crippen LogP contribution in [0.25, 0.3) is 11.3 Å². The summed E-state index contributed by atoms with van der Waals surface area (Å²) in [6, 6.07) is 7.19. The summed E-state index contributed by atoms with van der Waals surface area (Å²) in [5.74, 6) is -0.451. The third kappa shape index (κ3) is 3.92. The van der Waals surface area contributed by atoms with Crippen LogP contribution in [-0.4, -0.2) is 26.6 Å². The quantitative estimate of drug-likeness (QED) is 0.574. The van der Waals surface area contributed by atoms with Gasteiger partial charge in [0.05, 0.1) is 12.2 Å². The summed E-state index contributed by atoms with van der Waals surface area (Å²) < 4.78 is 2.04. The van der Waals surface area contributed by atoms with E-state index in [0.717, 1.165) is 14.7 Å². The molecule has 3 aromatic rings. The molecule has 0 aliphatic rings. The SMILES string of the molecule is Cn1c(N)c(NCC(=O)Nc2nc(-c3ccc(Cl)cc3)cs2)c(=O)n(C)c1=O. The minimum Gasteiger partial charge on any atom is -0.383 e. The van der Waals surface area contributed by atoms with E-state index >= 15 is 0 Å². The first-order chi connectivity index (χ1) is 13.3. The van der Waals surface area contributed by atoms with Gasteiger partial charge in [0.25, 0.3) is 5.56 Å². The van der Waals surface area contributed by atoms with Gasteiger partial charge in [-0.2, -0.15) is 0 Å². The Bertz CT molecular complexity index is 1150. The number of nitrogens with zero attached hydrogens (tertiary/aromatic N) is 3. The van der Waals surface area contributed by atoms with Gasteiger partial charge in [0.15, 0.2) is 5.13 Å². The Labute approximate surface area is 168 Å². The van der Waals surface area contributed by atoms with Crippen LogP contribution in [0.15, 0.2) is 39.2 Å². The smallest absolute Gasteiger partial charge is 0.332 e. The van der Waals surface area contributed by atoms with Crippen molar-refractivity contribution in [2.24, 2.45) is 14.1 Å². The zero-order chi connectivity index (χ0) is 20.4. The van der Waals surface area contributed by atoms with Crippen molar-refractivity contribution in [3.05, 3.63) is 55.5 Å². The second-order valence-electron chi connectivity index (χ2n) is 5.91. The number of carbonyl (C=O) groups excluding carboxylic acids is 1. The Morgan fingerprint density at radius 2 is 1.89 bits per heavy atom. The van der Waals surface area contributed by atoms with Crippen LogP contribution >= 0.6 is 22.9 Å². The molecule has 0 fully saturated rings. The van der Waals surface area contributed by atoms with E-state index in [2.05, 4.69) is 15.6 Å². The number of halogens is 1. The molecular weight excluding hydrogens is 404 g/mol. The maximum atomic E-state index is 12.2. The summed E-state index contributed by atoms with van der Waals surface area (Å²) in [7, 11) is 2.78. The predicted octanol–water partition coefficient (Wildman–Crippen LogP) is 1.49. The minimum absolute atomic E-state index is 0.0132. The van der Waals surface area contributed by atoms with E-state index in [1.54, 1.807) is 12.1 Å². The fraction of sp³-hybridized carbons (Fsp3) is 0.176. The van der Waals surface area contributed by atoms with Crippen molar-refractivity contribution < 1.29 is 4.79 Å². The number of hydrogen-bond donors (Lipinski definition) is 3. The molecule has 0 aliphatic carbocycles. The average molecular weight is 421 g/mol. The van der Waals surface area contributed by atoms with Crippen LogP contribution in [0.4, 0.5) is 16.6 Å². The molecule has 1 aromatic carbocycles. The molecule has 146 valence electrons. The lowest BCUT2D eigenvalue weighted by Gasteiger charge is -2.12. The van der Waals surface area contributed by atoms with Crippen LogP contribution in [-0.2, 0) is 18.9 Å². The van der Waals surface area contributed by atoms with E-state index in [9.17, 15) is 14.4 Å². The number of nitrogen functional groups attached to an aromatic ring is 1. The number of anilines is 3. The van der Waals surface area contributed by atoms with Crippen molar-refractivity contribution >= 4 is 45.5 Å². The van der Waals surface area contributed by atoms with E-state index in [1.807, 2.05) is 17.5 Å². The van der Waals surface area contributed by atoms with Gasteiger partial charge in [-0.15, -0.1) is 11.3 Å². The summed E-state index contributed by atoms with van der Waals surface area (Å²) in [4.78, 5) is 40.5. The maximum Gasteiger partial charge on any atom is 0.332 e. The van der Waals surface area contributed by atoms with Gasteiger partial charge >= 0.3 is 5.69 Å². The molecule has 0 saturated carbocycles. The lowest BCUT2D eigenvalue weighted by atomic mass is 10.2. The van der Waals surface area contributed by atoms with E-state index in [4.69, 9.17) is 17.3 Å². The molecule has 0 unspecified atom stereocenters. The Hall–Kier alpha value is -3.11. The highest BCUT2D eigenvalue weighted by molar-refractivity contribution is 7.14. The van der Waals surface area contributed by atoms with Crippen molar-refractivity contribution in [1.29, 1.82) is 0 Å². The number of rotatable bonds is 5. The highest BCUT2D eigenvalue weighted by Gasteiger charge is 2.14. The lowest BCUT2D eigenvalue weighted by molar-refractivity contribution is -0.114. The fourth-order valence-electron chi connectivity index (χ4n) is 2.44. The largest absolute Gasteiger partial charge is 0.383 e. The van der Waals surface area contributed by atoms with Crippen molar-refractivity contribution in [1.82, 2.24) is 14.1 Å². The van der Waals surface area contributed by atoms with Crippen LogP contribution in [0.5, 0.6) is 0 Å². The van der Waals surface area contributed by atoms with Gasteiger partial charge in [0, 0.05) is 30.1 Å². The van der Waals surface area contributed by atoms with Gasteiger partial charge in [0.2, 0.25) is 5.91 Å². The number of thiazole rings is 1. The molecule has 0 spiro atoms. The second-order valence-corrected chi connectivity index (χ2v) is 7.21. The van der Waals surface area contributed by atoms with Gasteiger partial charge in [-0.25, -0.2) is 9.78 Å². The molecule has 0 saturated heterocycles. The van der Waals surface area contributed by atoms with Gasteiger partial charge in [-0.1, -0.05) is 23.7 Å². The summed E-state index contributed by atoms with van der Waals surface area (Å²) in [6.45, 7) is -0.215. The number of amides is 1. The summed E-state index contributed by atoms with van der Waals surface area (Å²) in [5, 5.41) is 8.20. The number of hydrogen-bond acceptors (Lipinski definition) is 7. The summed E-state index contributed by atoms with van der Waals surface area (Å²) in [5.41, 5.74) is 6.23. The summed E-state index contributed by atoms with van der Waals surface area (Å²) in [6.07, 6.45) is 0. The molecule has 2 aromatic heterocycles. The Kier molecular flexibility index (Phi) is 5.52. The van der Waals surface area contributed by atoms with Crippen molar-refractivity contribution in [2.45, 2.75) is 0 Å². The van der Waals surface area contributed by atoms with Crippen molar-refractivity contribution in [3.63, 3.8) is 0 Å². The normalized spacial score (nSPS) is 10.7. The number of benzene rings is 1. The predicted molar refractivity (Wildman–Crippen MR) is 111 cm³/mol. The van der Waals surface area contributed by atoms with Gasteiger partial charge < -0.3 is 16.4 Å². The molecule has 2 heterocycles. The number of carbonyl (C=O) groups is 1. The van der Waals surface area contributed by atoms with Gasteiger partial charge in [-0.05, 0) is 12.1 Å². The lowest BCUT2D eigenvalue weighted by Crippen LogP contribution is -2.40. The van der Waals surface area contributed by atoms with E-state index < -0.39 is 17.2 Å². The molecule has 0 atom stereocenters. The average Bonchev–Trinajstić information content (AvgIpc) is 3.13. The first kappa shape index (κ1) is 19.6. The van der Waals surface area contributed by atoms with E-state index in [1.165, 1.54) is 25.4 Å². The maximum absolute atomic E-state index is 12.2. The molecule has 28 heavy (non-hydrogen) atoms. The topological polar surface area (TPSA) is 124 Å². The zero-order valence-electron chi connectivity index (χ0n) is 15.0. The van der Waals surface area contributed by atoms with Crippen LogP contribution < -0.4 is 27.6 Å². The molecular formula is C17H17ClN6O3S. The highest BCUT2D eigenvalue weighted by Crippen LogP contribution is 2.25. The van der Waals surface area contributed by atoms with Crippen LogP contribution in [0.1, 0.15) is 0 Å². The van der Waals surface area contributed by atoms with Crippen molar-refractivity contribution in [2.75, 3.05) is 22.9 Å². The monoisotopic (exact) mass is 420 g/mol. The first-order valence-corrected chi connectivity index (χ1v) is 9.34. The van der Waals surface area contributed by atoms with Crippen LogP contribution in [0.2, 0.25) is 5.02 Å². The fourth-order valence-corrected chi connectivity index (χ4v) is 3.30. The number of nitrogens with two attached hydrogens (primary N) is 1. The van der Waals surface area contributed by atoms with Gasteiger partial charge in [0.1, 0.15) is 11.5 Å². The first-order valence-electron chi connectivity index (χ1n) is 8.08. The number of nitrogens with one attached hydrogen (secondary N) is 2. The molecule has 0 radical (unpaired) electrons. The third-order valence-corrected chi connectivity index (χ3v) is 5.04. The van der Waals surface area contributed by atoms with Crippen LogP contribution in [0.3, 0.4) is 0 Å². The van der Waals surface area contributed by atoms with Gasteiger partial charge in [-0.3, -0.25) is 18.7 Å². The number of aromatic nitrogens is 3. The second kappa shape index (κ2) is 7.87. The molecule has 9 nitrogen and oxygen atoms in total. The van der Waals surface area contributed by atoms with E-state index in [-0.39, 0.29) is 18.1 Å². The standard InChI is InChI=1S/C17H17ClN6O3S/c1-23-14(19)13(15(26)24(2)17(23)27)20-7-12(25)22-16-21-11(8-28-16)9-3-5-10(18)6-4-9/h3-6,8,20H,7,19H2,1-2H3,(H,21,22,25). The third-order valence-electron chi connectivity index (χ3n) is 4.03. The highest BCUT2D eigenvalue weighted by atomic mass is 35.5. The molecule has 0 aliphatic heterocycles. The molecule has 1 amide bonds.